The molecule has 0 spiro atoms. The van der Waals surface area contributed by atoms with Gasteiger partial charge in [0.15, 0.2) is 5.78 Å². The number of ether oxygens (including phenoxy) is 2. The summed E-state index contributed by atoms with van der Waals surface area (Å²) in [5.74, 6) is 0.266. The topological polar surface area (TPSA) is 69.7 Å². The number of esters is 1. The van der Waals surface area contributed by atoms with Crippen molar-refractivity contribution in [2.24, 2.45) is 0 Å². The van der Waals surface area contributed by atoms with Crippen molar-refractivity contribution in [3.8, 4) is 5.75 Å². The first kappa shape index (κ1) is 44.8. The van der Waals surface area contributed by atoms with E-state index in [4.69, 9.17) is 9.47 Å². The SMILES string of the molecule is CCCCC/C=C\C/C=C\CCCCCCCC(=O)COc1cc(C=O)cc(COC(=O)CCCCCCC/C=C\C/C=C\CCCCC)c1. The first-order valence-electron chi connectivity index (χ1n) is 20.1. The summed E-state index contributed by atoms with van der Waals surface area (Å²) in [4.78, 5) is 36.2. The first-order chi connectivity index (χ1) is 24.6. The fraction of sp³-hybridized carbons (Fsp3) is 0.622. The lowest BCUT2D eigenvalue weighted by atomic mass is 10.1. The molecule has 1 rings (SSSR count). The van der Waals surface area contributed by atoms with Gasteiger partial charge in [-0.05, 0) is 101 Å². The molecule has 1 aromatic carbocycles. The maximum atomic E-state index is 12.4. The molecule has 0 saturated carbocycles. The molecule has 0 heterocycles. The molecule has 0 saturated heterocycles. The summed E-state index contributed by atoms with van der Waals surface area (Å²) in [7, 11) is 0. The van der Waals surface area contributed by atoms with E-state index in [2.05, 4.69) is 62.5 Å². The molecule has 0 N–H and O–H groups in total. The summed E-state index contributed by atoms with van der Waals surface area (Å²) >= 11 is 0. The Bertz CT molecular complexity index is 1030. The third-order valence-electron chi connectivity index (χ3n) is 8.66. The number of unbranched alkanes of at least 4 members (excludes halogenated alkanes) is 16. The van der Waals surface area contributed by atoms with E-state index in [1.807, 2.05) is 0 Å². The van der Waals surface area contributed by atoms with Crippen LogP contribution >= 0.6 is 0 Å². The summed E-state index contributed by atoms with van der Waals surface area (Å²) in [6, 6.07) is 5.05. The lowest BCUT2D eigenvalue weighted by molar-refractivity contribution is -0.145. The number of carbonyl (C=O) groups is 3. The molecule has 50 heavy (non-hydrogen) atoms. The molecule has 280 valence electrons. The van der Waals surface area contributed by atoms with Crippen molar-refractivity contribution in [1.29, 1.82) is 0 Å². The molecule has 0 radical (unpaired) electrons. The van der Waals surface area contributed by atoms with E-state index < -0.39 is 0 Å². The van der Waals surface area contributed by atoms with Gasteiger partial charge in [-0.2, -0.15) is 0 Å². The molecule has 0 unspecified atom stereocenters. The van der Waals surface area contributed by atoms with Crippen molar-refractivity contribution < 1.29 is 23.9 Å². The third kappa shape index (κ3) is 28.6. The molecule has 0 aliphatic heterocycles. The van der Waals surface area contributed by atoms with Gasteiger partial charge in [-0.1, -0.05) is 127 Å². The van der Waals surface area contributed by atoms with Crippen LogP contribution in [0.4, 0.5) is 0 Å². The van der Waals surface area contributed by atoms with Gasteiger partial charge in [0.2, 0.25) is 0 Å². The Morgan fingerprint density at radius 3 is 1.56 bits per heavy atom. The van der Waals surface area contributed by atoms with Gasteiger partial charge in [-0.3, -0.25) is 14.4 Å². The Hall–Kier alpha value is -3.21. The van der Waals surface area contributed by atoms with Crippen LogP contribution in [-0.4, -0.2) is 24.6 Å². The van der Waals surface area contributed by atoms with Gasteiger partial charge in [0.1, 0.15) is 25.2 Å². The van der Waals surface area contributed by atoms with Crippen LogP contribution in [0.15, 0.2) is 66.8 Å². The maximum absolute atomic E-state index is 12.4. The minimum absolute atomic E-state index is 0.0216. The van der Waals surface area contributed by atoms with E-state index >= 15 is 0 Å². The number of ketones is 1. The van der Waals surface area contributed by atoms with Crippen molar-refractivity contribution in [3.05, 3.63) is 77.9 Å². The molecule has 0 bridgehead atoms. The Morgan fingerprint density at radius 1 is 0.560 bits per heavy atom. The average molecular weight is 691 g/mol. The highest BCUT2D eigenvalue weighted by Crippen LogP contribution is 2.19. The maximum Gasteiger partial charge on any atom is 0.306 e. The van der Waals surface area contributed by atoms with Crippen molar-refractivity contribution in [2.75, 3.05) is 6.61 Å². The Kier molecular flexibility index (Phi) is 30.7. The van der Waals surface area contributed by atoms with Crippen molar-refractivity contribution >= 4 is 18.0 Å². The molecule has 5 heteroatoms. The highest BCUT2D eigenvalue weighted by Gasteiger charge is 2.09. The highest BCUT2D eigenvalue weighted by atomic mass is 16.5. The second-order valence-corrected chi connectivity index (χ2v) is 13.5. The number of hydrogen-bond donors (Lipinski definition) is 0. The van der Waals surface area contributed by atoms with Crippen LogP contribution in [0.2, 0.25) is 0 Å². The minimum Gasteiger partial charge on any atom is -0.486 e. The van der Waals surface area contributed by atoms with E-state index in [0.717, 1.165) is 70.5 Å². The second kappa shape index (κ2) is 34.2. The summed E-state index contributed by atoms with van der Waals surface area (Å²) in [6.45, 7) is 4.53. The second-order valence-electron chi connectivity index (χ2n) is 13.5. The Balaban J connectivity index is 2.13. The number of hydrogen-bond acceptors (Lipinski definition) is 5. The van der Waals surface area contributed by atoms with Crippen LogP contribution in [0.1, 0.15) is 184 Å². The van der Waals surface area contributed by atoms with E-state index in [1.165, 1.54) is 77.0 Å². The Labute approximate surface area is 306 Å². The molecular weight excluding hydrogens is 620 g/mol. The fourth-order valence-corrected chi connectivity index (χ4v) is 5.61. The van der Waals surface area contributed by atoms with Crippen LogP contribution in [0, 0.1) is 0 Å². The van der Waals surface area contributed by atoms with Gasteiger partial charge in [-0.25, -0.2) is 0 Å². The Morgan fingerprint density at radius 2 is 1.04 bits per heavy atom. The summed E-state index contributed by atoms with van der Waals surface area (Å²) < 4.78 is 11.2. The highest BCUT2D eigenvalue weighted by molar-refractivity contribution is 5.80. The first-order valence-corrected chi connectivity index (χ1v) is 20.1. The van der Waals surface area contributed by atoms with Crippen LogP contribution in [-0.2, 0) is 20.9 Å². The standard InChI is InChI=1S/C45H70O5/c1-3-5-7-9-11-13-15-17-19-21-23-25-27-29-31-33-43(47)40-49-44-36-41(38-46)35-42(37-44)39-50-45(48)34-32-30-28-26-24-22-20-18-16-14-12-10-8-6-4-2/h11-14,17-20,35-38H,3-10,15-16,21-34,39-40H2,1-2H3/b13-11-,14-12-,19-17-,20-18-. The van der Waals surface area contributed by atoms with Crippen LogP contribution in [0.3, 0.4) is 0 Å². The number of aldehydes is 1. The fourth-order valence-electron chi connectivity index (χ4n) is 5.61. The quantitative estimate of drug-likeness (QED) is 0.0311. The zero-order chi connectivity index (χ0) is 36.2. The molecule has 0 aliphatic carbocycles. The largest absolute Gasteiger partial charge is 0.486 e. The van der Waals surface area contributed by atoms with Crippen molar-refractivity contribution in [3.63, 3.8) is 0 Å². The van der Waals surface area contributed by atoms with E-state index in [9.17, 15) is 14.4 Å². The zero-order valence-electron chi connectivity index (χ0n) is 31.9. The molecular formula is C45H70O5. The van der Waals surface area contributed by atoms with Gasteiger partial charge >= 0.3 is 5.97 Å². The number of Topliss-reactive ketones (excluding diaryl/α,β-unsaturated/α-hetero) is 1. The summed E-state index contributed by atoms with van der Waals surface area (Å²) in [5.41, 5.74) is 1.11. The van der Waals surface area contributed by atoms with E-state index in [1.54, 1.807) is 18.2 Å². The normalized spacial score (nSPS) is 11.8. The van der Waals surface area contributed by atoms with Crippen LogP contribution in [0.25, 0.3) is 0 Å². The molecule has 0 amide bonds. The number of carbonyl (C=O) groups excluding carboxylic acids is 3. The van der Waals surface area contributed by atoms with Gasteiger partial charge in [0.05, 0.1) is 0 Å². The van der Waals surface area contributed by atoms with Crippen LogP contribution in [0.5, 0.6) is 5.75 Å². The number of rotatable bonds is 34. The predicted molar refractivity (Wildman–Crippen MR) is 211 cm³/mol. The smallest absolute Gasteiger partial charge is 0.306 e. The predicted octanol–water partition coefficient (Wildman–Crippen LogP) is 13.1. The summed E-state index contributed by atoms with van der Waals surface area (Å²) in [5, 5.41) is 0. The molecule has 5 nitrogen and oxygen atoms in total. The van der Waals surface area contributed by atoms with E-state index in [-0.39, 0.29) is 25.0 Å². The van der Waals surface area contributed by atoms with Gasteiger partial charge in [0.25, 0.3) is 0 Å². The monoisotopic (exact) mass is 691 g/mol. The zero-order valence-corrected chi connectivity index (χ0v) is 31.9. The molecule has 1 aromatic rings. The number of allylic oxidation sites excluding steroid dienone is 8. The lowest BCUT2D eigenvalue weighted by Crippen LogP contribution is -2.11. The van der Waals surface area contributed by atoms with E-state index in [0.29, 0.717) is 29.7 Å². The lowest BCUT2D eigenvalue weighted by Gasteiger charge is -2.10. The van der Waals surface area contributed by atoms with Crippen LogP contribution < -0.4 is 4.74 Å². The number of benzene rings is 1. The van der Waals surface area contributed by atoms with Gasteiger partial charge < -0.3 is 9.47 Å². The molecule has 0 fully saturated rings. The van der Waals surface area contributed by atoms with Gasteiger partial charge in [-0.15, -0.1) is 0 Å². The minimum atomic E-state index is -0.234. The van der Waals surface area contributed by atoms with Crippen molar-refractivity contribution in [1.82, 2.24) is 0 Å². The van der Waals surface area contributed by atoms with Crippen molar-refractivity contribution in [2.45, 2.75) is 175 Å². The average Bonchev–Trinajstić information content (AvgIpc) is 3.13. The third-order valence-corrected chi connectivity index (χ3v) is 8.66. The molecule has 0 aliphatic rings. The summed E-state index contributed by atoms with van der Waals surface area (Å²) in [6.07, 6.45) is 45.0. The molecule has 0 aromatic heterocycles. The van der Waals surface area contributed by atoms with Gasteiger partial charge in [0, 0.05) is 18.4 Å². The molecule has 0 atom stereocenters.